The number of rotatable bonds is 7. The van der Waals surface area contributed by atoms with E-state index < -0.39 is 0 Å². The fourth-order valence-electron chi connectivity index (χ4n) is 2.76. The van der Waals surface area contributed by atoms with E-state index in [1.807, 2.05) is 18.2 Å². The molecule has 1 heterocycles. The highest BCUT2D eigenvalue weighted by molar-refractivity contribution is 6.30. The maximum Gasteiger partial charge on any atom is 0.193 e. The molecule has 0 bridgehead atoms. The van der Waals surface area contributed by atoms with Crippen molar-refractivity contribution in [1.29, 1.82) is 0 Å². The van der Waals surface area contributed by atoms with Crippen LogP contribution in [-0.4, -0.2) is 68.7 Å². The number of morpholine rings is 1. The number of halogens is 1. The van der Waals surface area contributed by atoms with Crippen molar-refractivity contribution in [3.05, 3.63) is 34.9 Å². The van der Waals surface area contributed by atoms with Gasteiger partial charge >= 0.3 is 0 Å². The van der Waals surface area contributed by atoms with Crippen molar-refractivity contribution in [2.24, 2.45) is 4.99 Å². The Labute approximate surface area is 150 Å². The summed E-state index contributed by atoms with van der Waals surface area (Å²) in [6, 6.07) is 7.97. The number of ether oxygens (including phenoxy) is 1. The highest BCUT2D eigenvalue weighted by Crippen LogP contribution is 2.12. The lowest BCUT2D eigenvalue weighted by atomic mass is 10.2. The normalized spacial score (nSPS) is 16.2. The second-order valence-corrected chi connectivity index (χ2v) is 6.47. The van der Waals surface area contributed by atoms with Crippen LogP contribution in [0, 0.1) is 0 Å². The molecule has 0 spiro atoms. The fraction of sp³-hybridized carbons (Fsp3) is 0.611. The lowest BCUT2D eigenvalue weighted by molar-refractivity contribution is 0.0377. The molecule has 0 aliphatic carbocycles. The van der Waals surface area contributed by atoms with E-state index in [0.717, 1.165) is 69.9 Å². The van der Waals surface area contributed by atoms with E-state index in [2.05, 4.69) is 35.2 Å². The minimum Gasteiger partial charge on any atom is -0.379 e. The number of guanidine groups is 1. The third-order valence-electron chi connectivity index (χ3n) is 4.00. The Morgan fingerprint density at radius 3 is 2.88 bits per heavy atom. The average molecular weight is 353 g/mol. The average Bonchev–Trinajstić information content (AvgIpc) is 2.58. The fourth-order valence-corrected chi connectivity index (χ4v) is 2.97. The predicted molar refractivity (Wildman–Crippen MR) is 101 cm³/mol. The Morgan fingerprint density at radius 2 is 2.17 bits per heavy atom. The second kappa shape index (κ2) is 10.5. The molecular weight excluding hydrogens is 324 g/mol. The van der Waals surface area contributed by atoms with Crippen molar-refractivity contribution < 1.29 is 4.74 Å². The summed E-state index contributed by atoms with van der Waals surface area (Å²) >= 11 is 6.07. The summed E-state index contributed by atoms with van der Waals surface area (Å²) in [6.45, 7) is 9.46. The molecule has 1 N–H and O–H groups in total. The zero-order valence-electron chi connectivity index (χ0n) is 14.8. The Morgan fingerprint density at radius 1 is 1.38 bits per heavy atom. The number of nitrogens with zero attached hydrogens (tertiary/aromatic N) is 3. The summed E-state index contributed by atoms with van der Waals surface area (Å²) in [5.41, 5.74) is 1.18. The smallest absolute Gasteiger partial charge is 0.193 e. The Kier molecular flexibility index (Phi) is 8.36. The van der Waals surface area contributed by atoms with Gasteiger partial charge in [-0.3, -0.25) is 9.89 Å². The van der Waals surface area contributed by atoms with E-state index in [1.54, 1.807) is 0 Å². The van der Waals surface area contributed by atoms with Crippen LogP contribution in [0.5, 0.6) is 0 Å². The van der Waals surface area contributed by atoms with Gasteiger partial charge in [0.05, 0.1) is 13.2 Å². The topological polar surface area (TPSA) is 40.1 Å². The first-order valence-electron chi connectivity index (χ1n) is 8.73. The van der Waals surface area contributed by atoms with Crippen LogP contribution in [0.1, 0.15) is 18.9 Å². The minimum atomic E-state index is 0.772. The zero-order valence-corrected chi connectivity index (χ0v) is 15.6. The monoisotopic (exact) mass is 352 g/mol. The summed E-state index contributed by atoms with van der Waals surface area (Å²) in [5, 5.41) is 4.14. The Bertz CT molecular complexity index is 517. The zero-order chi connectivity index (χ0) is 17.2. The molecule has 0 unspecified atom stereocenters. The van der Waals surface area contributed by atoms with Crippen LogP contribution in [0.4, 0.5) is 0 Å². The number of hydrogen-bond acceptors (Lipinski definition) is 3. The molecule has 1 aliphatic rings. The molecule has 5 nitrogen and oxygen atoms in total. The van der Waals surface area contributed by atoms with Gasteiger partial charge in [0.15, 0.2) is 5.96 Å². The van der Waals surface area contributed by atoms with E-state index in [9.17, 15) is 0 Å². The minimum absolute atomic E-state index is 0.772. The van der Waals surface area contributed by atoms with Crippen molar-refractivity contribution in [2.75, 3.05) is 53.0 Å². The largest absolute Gasteiger partial charge is 0.379 e. The quantitative estimate of drug-likeness (QED) is 0.465. The molecule has 1 fully saturated rings. The van der Waals surface area contributed by atoms with Gasteiger partial charge in [-0.25, -0.2) is 0 Å². The van der Waals surface area contributed by atoms with Gasteiger partial charge in [0.1, 0.15) is 0 Å². The van der Waals surface area contributed by atoms with Crippen LogP contribution in [0.2, 0.25) is 5.02 Å². The molecule has 1 saturated heterocycles. The van der Waals surface area contributed by atoms with Gasteiger partial charge in [-0.05, 0) is 31.0 Å². The Balaban J connectivity index is 1.82. The molecule has 0 aromatic heterocycles. The first-order valence-corrected chi connectivity index (χ1v) is 9.11. The first-order chi connectivity index (χ1) is 11.7. The summed E-state index contributed by atoms with van der Waals surface area (Å²) in [5.74, 6) is 0.944. The summed E-state index contributed by atoms with van der Waals surface area (Å²) in [4.78, 5) is 9.35. The SMILES string of the molecule is CCNC(=NCCCN1CCOCC1)N(C)Cc1cccc(Cl)c1. The van der Waals surface area contributed by atoms with E-state index in [4.69, 9.17) is 21.3 Å². The molecule has 24 heavy (non-hydrogen) atoms. The van der Waals surface area contributed by atoms with Gasteiger partial charge < -0.3 is 15.0 Å². The molecule has 134 valence electrons. The second-order valence-electron chi connectivity index (χ2n) is 6.03. The van der Waals surface area contributed by atoms with Gasteiger partial charge in [0.25, 0.3) is 0 Å². The van der Waals surface area contributed by atoms with E-state index >= 15 is 0 Å². The van der Waals surface area contributed by atoms with Crippen molar-refractivity contribution in [2.45, 2.75) is 19.9 Å². The highest BCUT2D eigenvalue weighted by Gasteiger charge is 2.10. The van der Waals surface area contributed by atoms with Gasteiger partial charge in [-0.15, -0.1) is 0 Å². The van der Waals surface area contributed by atoms with Crippen LogP contribution in [-0.2, 0) is 11.3 Å². The molecule has 0 radical (unpaired) electrons. The maximum atomic E-state index is 6.07. The predicted octanol–water partition coefficient (Wildman–Crippen LogP) is 2.46. The molecular formula is C18H29ClN4O. The number of nitrogens with one attached hydrogen (secondary N) is 1. The third kappa shape index (κ3) is 6.67. The molecule has 0 atom stereocenters. The first kappa shape index (κ1) is 19.0. The molecule has 2 rings (SSSR count). The maximum absolute atomic E-state index is 6.07. The van der Waals surface area contributed by atoms with Crippen LogP contribution in [0.15, 0.2) is 29.3 Å². The molecule has 1 aromatic rings. The standard InChI is InChI=1S/C18H29ClN4O/c1-3-20-18(21-8-5-9-23-10-12-24-13-11-23)22(2)15-16-6-4-7-17(19)14-16/h4,6-7,14H,3,5,8-13,15H2,1-2H3,(H,20,21). The van der Waals surface area contributed by atoms with Crippen LogP contribution >= 0.6 is 11.6 Å². The third-order valence-corrected chi connectivity index (χ3v) is 4.24. The van der Waals surface area contributed by atoms with Crippen LogP contribution in [0.3, 0.4) is 0 Å². The van der Waals surface area contributed by atoms with Crippen LogP contribution < -0.4 is 5.32 Å². The number of hydrogen-bond donors (Lipinski definition) is 1. The molecule has 6 heteroatoms. The van der Waals surface area contributed by atoms with Gasteiger partial charge in [0.2, 0.25) is 0 Å². The molecule has 1 aromatic carbocycles. The number of benzene rings is 1. The van der Waals surface area contributed by atoms with Crippen molar-refractivity contribution in [3.63, 3.8) is 0 Å². The van der Waals surface area contributed by atoms with E-state index in [1.165, 1.54) is 5.56 Å². The highest BCUT2D eigenvalue weighted by atomic mass is 35.5. The lowest BCUT2D eigenvalue weighted by Crippen LogP contribution is -2.39. The lowest BCUT2D eigenvalue weighted by Gasteiger charge is -2.26. The van der Waals surface area contributed by atoms with Gasteiger partial charge in [-0.1, -0.05) is 23.7 Å². The molecule has 0 amide bonds. The summed E-state index contributed by atoms with van der Waals surface area (Å²) in [7, 11) is 2.06. The molecule has 1 aliphatic heterocycles. The van der Waals surface area contributed by atoms with Crippen LogP contribution in [0.25, 0.3) is 0 Å². The summed E-state index contributed by atoms with van der Waals surface area (Å²) in [6.07, 6.45) is 1.07. The molecule has 0 saturated carbocycles. The van der Waals surface area contributed by atoms with Crippen molar-refractivity contribution >= 4 is 17.6 Å². The van der Waals surface area contributed by atoms with E-state index in [-0.39, 0.29) is 0 Å². The van der Waals surface area contributed by atoms with Crippen molar-refractivity contribution in [3.8, 4) is 0 Å². The summed E-state index contributed by atoms with van der Waals surface area (Å²) < 4.78 is 5.38. The van der Waals surface area contributed by atoms with Gasteiger partial charge in [-0.2, -0.15) is 0 Å². The van der Waals surface area contributed by atoms with Gasteiger partial charge in [0, 0.05) is 51.3 Å². The van der Waals surface area contributed by atoms with Crippen molar-refractivity contribution in [1.82, 2.24) is 15.1 Å². The number of aliphatic imine (C=N–C) groups is 1. The Hall–Kier alpha value is -1.30. The van der Waals surface area contributed by atoms with E-state index in [0.29, 0.717) is 0 Å².